The Hall–Kier alpha value is -1.77. The lowest BCUT2D eigenvalue weighted by Gasteiger charge is -2.13. The van der Waals surface area contributed by atoms with Gasteiger partial charge in [-0.3, -0.25) is 0 Å². The van der Waals surface area contributed by atoms with E-state index < -0.39 is 0 Å². The molecule has 0 fully saturated rings. The molecular formula is C16H14ClNO. The fourth-order valence-corrected chi connectivity index (χ4v) is 2.53. The first-order valence-electron chi connectivity index (χ1n) is 6.20. The maximum Gasteiger partial charge on any atom is 0.152 e. The van der Waals surface area contributed by atoms with Crippen molar-refractivity contribution in [2.24, 2.45) is 0 Å². The summed E-state index contributed by atoms with van der Waals surface area (Å²) in [6, 6.07) is 18.1. The zero-order valence-corrected chi connectivity index (χ0v) is 11.3. The number of nitrogens with one attached hydrogen (secondary N) is 1. The quantitative estimate of drug-likeness (QED) is 0.764. The van der Waals surface area contributed by atoms with Crippen molar-refractivity contribution in [1.82, 2.24) is 5.32 Å². The maximum atomic E-state index is 6.15. The van der Waals surface area contributed by atoms with Gasteiger partial charge in [0, 0.05) is 5.39 Å². The van der Waals surface area contributed by atoms with Crippen LogP contribution in [0, 0.1) is 0 Å². The van der Waals surface area contributed by atoms with Gasteiger partial charge in [-0.2, -0.15) is 0 Å². The van der Waals surface area contributed by atoms with Crippen LogP contribution in [-0.2, 0) is 0 Å². The molecule has 1 heterocycles. The largest absolute Gasteiger partial charge is 0.457 e. The van der Waals surface area contributed by atoms with Crippen molar-refractivity contribution >= 4 is 22.6 Å². The SMILES string of the molecule is CNC(c1ccccc1)c1cc2cccc(Cl)c2o1. The molecule has 1 N–H and O–H groups in total. The van der Waals surface area contributed by atoms with Crippen molar-refractivity contribution in [3.8, 4) is 0 Å². The zero-order chi connectivity index (χ0) is 13.2. The number of benzene rings is 2. The van der Waals surface area contributed by atoms with Gasteiger partial charge >= 0.3 is 0 Å². The molecule has 1 atom stereocenters. The van der Waals surface area contributed by atoms with Gasteiger partial charge in [0.25, 0.3) is 0 Å². The lowest BCUT2D eigenvalue weighted by Crippen LogP contribution is -2.16. The van der Waals surface area contributed by atoms with Crippen molar-refractivity contribution in [2.45, 2.75) is 6.04 Å². The second kappa shape index (κ2) is 5.08. The Bertz CT molecular complexity index is 690. The van der Waals surface area contributed by atoms with E-state index in [-0.39, 0.29) is 6.04 Å². The molecule has 96 valence electrons. The van der Waals surface area contributed by atoms with Gasteiger partial charge in [-0.1, -0.05) is 54.1 Å². The summed E-state index contributed by atoms with van der Waals surface area (Å²) < 4.78 is 5.91. The van der Waals surface area contributed by atoms with E-state index in [1.807, 2.05) is 49.5 Å². The second-order valence-electron chi connectivity index (χ2n) is 4.44. The molecule has 2 aromatic carbocycles. The molecule has 1 unspecified atom stereocenters. The molecule has 2 nitrogen and oxygen atoms in total. The normalized spacial score (nSPS) is 12.7. The highest BCUT2D eigenvalue weighted by Crippen LogP contribution is 2.31. The summed E-state index contributed by atoms with van der Waals surface area (Å²) in [5.74, 6) is 0.872. The van der Waals surface area contributed by atoms with Gasteiger partial charge in [0.15, 0.2) is 5.58 Å². The lowest BCUT2D eigenvalue weighted by atomic mass is 10.0. The molecular weight excluding hydrogens is 258 g/mol. The molecule has 0 spiro atoms. The van der Waals surface area contributed by atoms with Crippen molar-refractivity contribution in [3.05, 3.63) is 70.9 Å². The number of rotatable bonds is 3. The first-order valence-corrected chi connectivity index (χ1v) is 6.57. The van der Waals surface area contributed by atoms with Crippen LogP contribution in [0.2, 0.25) is 5.02 Å². The Labute approximate surface area is 117 Å². The summed E-state index contributed by atoms with van der Waals surface area (Å²) in [4.78, 5) is 0. The van der Waals surface area contributed by atoms with E-state index in [1.54, 1.807) is 0 Å². The van der Waals surface area contributed by atoms with Crippen LogP contribution in [0.15, 0.2) is 59.0 Å². The highest BCUT2D eigenvalue weighted by molar-refractivity contribution is 6.34. The highest BCUT2D eigenvalue weighted by atomic mass is 35.5. The van der Waals surface area contributed by atoms with Crippen LogP contribution in [0.5, 0.6) is 0 Å². The Morgan fingerprint density at radius 1 is 1.05 bits per heavy atom. The van der Waals surface area contributed by atoms with E-state index in [0.29, 0.717) is 5.02 Å². The van der Waals surface area contributed by atoms with Gasteiger partial charge in [0.05, 0.1) is 11.1 Å². The van der Waals surface area contributed by atoms with E-state index in [2.05, 4.69) is 17.4 Å². The summed E-state index contributed by atoms with van der Waals surface area (Å²) in [5.41, 5.74) is 1.91. The third kappa shape index (κ3) is 2.25. The number of hydrogen-bond acceptors (Lipinski definition) is 2. The molecule has 19 heavy (non-hydrogen) atoms. The van der Waals surface area contributed by atoms with E-state index in [1.165, 1.54) is 5.56 Å². The van der Waals surface area contributed by atoms with Crippen LogP contribution in [0.1, 0.15) is 17.4 Å². The Morgan fingerprint density at radius 3 is 2.53 bits per heavy atom. The minimum Gasteiger partial charge on any atom is -0.457 e. The summed E-state index contributed by atoms with van der Waals surface area (Å²) in [6.07, 6.45) is 0. The van der Waals surface area contributed by atoms with Crippen LogP contribution in [0.3, 0.4) is 0 Å². The van der Waals surface area contributed by atoms with Gasteiger partial charge in [-0.25, -0.2) is 0 Å². The molecule has 0 aliphatic heterocycles. The molecule has 0 aliphatic carbocycles. The first-order chi connectivity index (χ1) is 9.29. The van der Waals surface area contributed by atoms with Crippen LogP contribution >= 0.6 is 11.6 Å². The molecule has 0 aliphatic rings. The lowest BCUT2D eigenvalue weighted by molar-refractivity contribution is 0.492. The standard InChI is InChI=1S/C16H14ClNO/c1-18-15(11-6-3-2-4-7-11)14-10-12-8-5-9-13(17)16(12)19-14/h2-10,15,18H,1H3. The Morgan fingerprint density at radius 2 is 1.84 bits per heavy atom. The second-order valence-corrected chi connectivity index (χ2v) is 4.85. The van der Waals surface area contributed by atoms with Crippen LogP contribution in [0.25, 0.3) is 11.0 Å². The molecule has 0 amide bonds. The molecule has 0 saturated heterocycles. The number of para-hydroxylation sites is 1. The number of furan rings is 1. The van der Waals surface area contributed by atoms with Crippen molar-refractivity contribution in [2.75, 3.05) is 7.05 Å². The minimum atomic E-state index is 0.0321. The monoisotopic (exact) mass is 271 g/mol. The fraction of sp³-hybridized carbons (Fsp3) is 0.125. The zero-order valence-electron chi connectivity index (χ0n) is 10.6. The number of hydrogen-bond donors (Lipinski definition) is 1. The maximum absolute atomic E-state index is 6.15. The predicted octanol–water partition coefficient (Wildman–Crippen LogP) is 4.40. The Balaban J connectivity index is 2.09. The molecule has 0 bridgehead atoms. The number of fused-ring (bicyclic) bond motifs is 1. The minimum absolute atomic E-state index is 0.0321. The third-order valence-electron chi connectivity index (χ3n) is 3.22. The third-order valence-corrected chi connectivity index (χ3v) is 3.52. The van der Waals surface area contributed by atoms with Crippen molar-refractivity contribution in [1.29, 1.82) is 0 Å². The molecule has 3 aromatic rings. The molecule has 1 aromatic heterocycles. The van der Waals surface area contributed by atoms with Gasteiger partial charge in [0.1, 0.15) is 5.76 Å². The van der Waals surface area contributed by atoms with E-state index in [9.17, 15) is 0 Å². The first kappa shape index (κ1) is 12.3. The summed E-state index contributed by atoms with van der Waals surface area (Å²) in [5, 5.41) is 4.95. The van der Waals surface area contributed by atoms with E-state index >= 15 is 0 Å². The number of halogens is 1. The van der Waals surface area contributed by atoms with Gasteiger partial charge < -0.3 is 9.73 Å². The van der Waals surface area contributed by atoms with Crippen LogP contribution in [0.4, 0.5) is 0 Å². The molecule has 0 saturated carbocycles. The summed E-state index contributed by atoms with van der Waals surface area (Å²) in [6.45, 7) is 0. The Kier molecular flexibility index (Phi) is 3.28. The fourth-order valence-electron chi connectivity index (χ4n) is 2.31. The van der Waals surface area contributed by atoms with Crippen molar-refractivity contribution in [3.63, 3.8) is 0 Å². The average molecular weight is 272 g/mol. The molecule has 3 heteroatoms. The van der Waals surface area contributed by atoms with Crippen molar-refractivity contribution < 1.29 is 4.42 Å². The highest BCUT2D eigenvalue weighted by Gasteiger charge is 2.17. The van der Waals surface area contributed by atoms with Gasteiger partial charge in [-0.05, 0) is 24.7 Å². The summed E-state index contributed by atoms with van der Waals surface area (Å²) in [7, 11) is 1.92. The van der Waals surface area contributed by atoms with Gasteiger partial charge in [-0.15, -0.1) is 0 Å². The van der Waals surface area contributed by atoms with Crippen LogP contribution < -0.4 is 5.32 Å². The average Bonchev–Trinajstić information content (AvgIpc) is 2.86. The topological polar surface area (TPSA) is 25.2 Å². The van der Waals surface area contributed by atoms with Crippen LogP contribution in [-0.4, -0.2) is 7.05 Å². The van der Waals surface area contributed by atoms with E-state index in [0.717, 1.165) is 16.7 Å². The van der Waals surface area contributed by atoms with Gasteiger partial charge in [0.2, 0.25) is 0 Å². The van der Waals surface area contributed by atoms with E-state index in [4.69, 9.17) is 16.0 Å². The molecule has 3 rings (SSSR count). The molecule has 0 radical (unpaired) electrons. The predicted molar refractivity (Wildman–Crippen MR) is 78.6 cm³/mol. The smallest absolute Gasteiger partial charge is 0.152 e. The summed E-state index contributed by atoms with van der Waals surface area (Å²) >= 11 is 6.15.